The first-order chi connectivity index (χ1) is 9.96. The number of hydrogen-bond donors (Lipinski definition) is 2. The molecule has 0 radical (unpaired) electrons. The summed E-state index contributed by atoms with van der Waals surface area (Å²) in [7, 11) is -3.51. The number of hydrogen-bond acceptors (Lipinski definition) is 4. The number of sulfonamides is 1. The summed E-state index contributed by atoms with van der Waals surface area (Å²) >= 11 is 5.23. The highest BCUT2D eigenvalue weighted by Crippen LogP contribution is 2.31. The number of halogens is 1. The average molecular weight is 393 g/mol. The highest BCUT2D eigenvalue weighted by atomic mass is 79.9. The second kappa shape index (κ2) is 7.46. The Morgan fingerprint density at radius 1 is 1.43 bits per heavy atom. The lowest BCUT2D eigenvalue weighted by Gasteiger charge is -2.15. The molecule has 7 heteroatoms. The molecule has 1 aliphatic rings. The Hall–Kier alpha value is -0.0800. The molecule has 0 bridgehead atoms. The van der Waals surface area contributed by atoms with E-state index in [0.29, 0.717) is 16.3 Å². The summed E-state index contributed by atoms with van der Waals surface area (Å²) in [5.74, 6) is 1.08. The summed E-state index contributed by atoms with van der Waals surface area (Å²) in [6.45, 7) is 2.46. The second-order valence-corrected chi connectivity index (χ2v) is 9.29. The Labute approximate surface area is 139 Å². The maximum absolute atomic E-state index is 12.6. The zero-order valence-corrected chi connectivity index (χ0v) is 15.2. The smallest absolute Gasteiger partial charge is 0.241 e. The van der Waals surface area contributed by atoms with Gasteiger partial charge in [-0.05, 0) is 58.6 Å². The third-order valence-corrected chi connectivity index (χ3v) is 7.38. The van der Waals surface area contributed by atoms with Gasteiger partial charge in [-0.2, -0.15) is 11.8 Å². The van der Waals surface area contributed by atoms with Crippen molar-refractivity contribution in [1.29, 1.82) is 0 Å². The van der Waals surface area contributed by atoms with E-state index in [1.54, 1.807) is 12.1 Å². The highest BCUT2D eigenvalue weighted by molar-refractivity contribution is 9.10. The van der Waals surface area contributed by atoms with Crippen molar-refractivity contribution in [3.05, 3.63) is 28.2 Å². The minimum absolute atomic E-state index is 0.0347. The quantitative estimate of drug-likeness (QED) is 0.780. The Morgan fingerprint density at radius 2 is 2.19 bits per heavy atom. The minimum Gasteiger partial charge on any atom is -0.326 e. The lowest BCUT2D eigenvalue weighted by Crippen LogP contribution is -2.33. The van der Waals surface area contributed by atoms with Crippen LogP contribution in [0.15, 0.2) is 27.6 Å². The van der Waals surface area contributed by atoms with Gasteiger partial charge < -0.3 is 5.73 Å². The van der Waals surface area contributed by atoms with Gasteiger partial charge >= 0.3 is 0 Å². The standard InChI is InChI=1S/C14H21BrN2O2S2/c1-2-20-12-5-4-11(8-12)17-21(18,19)14-7-10(9-16)3-6-13(14)15/h3,6-7,11-12,17H,2,4-5,8-9,16H2,1H3. The lowest BCUT2D eigenvalue weighted by atomic mass is 10.2. The monoisotopic (exact) mass is 392 g/mol. The third kappa shape index (κ3) is 4.45. The molecule has 1 aliphatic carbocycles. The number of rotatable bonds is 6. The molecule has 118 valence electrons. The average Bonchev–Trinajstić information content (AvgIpc) is 2.86. The van der Waals surface area contributed by atoms with E-state index in [2.05, 4.69) is 27.6 Å². The zero-order chi connectivity index (χ0) is 15.5. The van der Waals surface area contributed by atoms with Crippen LogP contribution in [-0.4, -0.2) is 25.5 Å². The normalized spacial score (nSPS) is 22.6. The zero-order valence-electron chi connectivity index (χ0n) is 12.0. The molecule has 0 spiro atoms. The van der Waals surface area contributed by atoms with Crippen LogP contribution in [0.1, 0.15) is 31.7 Å². The maximum Gasteiger partial charge on any atom is 0.241 e. The first kappa shape index (κ1) is 17.3. The predicted octanol–water partition coefficient (Wildman–Crippen LogP) is 2.86. The van der Waals surface area contributed by atoms with E-state index < -0.39 is 10.0 Å². The first-order valence-electron chi connectivity index (χ1n) is 7.08. The molecule has 1 saturated carbocycles. The molecule has 0 heterocycles. The van der Waals surface area contributed by atoms with Crippen molar-refractivity contribution in [2.45, 2.75) is 48.9 Å². The molecule has 1 aromatic carbocycles. The molecule has 2 rings (SSSR count). The van der Waals surface area contributed by atoms with Crippen molar-refractivity contribution in [2.24, 2.45) is 5.73 Å². The summed E-state index contributed by atoms with van der Waals surface area (Å²) in [6.07, 6.45) is 2.90. The van der Waals surface area contributed by atoms with E-state index in [4.69, 9.17) is 5.73 Å². The highest BCUT2D eigenvalue weighted by Gasteiger charge is 2.29. The van der Waals surface area contributed by atoms with Gasteiger partial charge in [0.25, 0.3) is 0 Å². The summed E-state index contributed by atoms with van der Waals surface area (Å²) in [5.41, 5.74) is 6.40. The van der Waals surface area contributed by atoms with Gasteiger partial charge in [-0.1, -0.05) is 13.0 Å². The Balaban J connectivity index is 2.12. The molecule has 2 unspecified atom stereocenters. The van der Waals surface area contributed by atoms with Crippen LogP contribution >= 0.6 is 27.7 Å². The van der Waals surface area contributed by atoms with Crippen LogP contribution in [-0.2, 0) is 16.6 Å². The topological polar surface area (TPSA) is 72.2 Å². The van der Waals surface area contributed by atoms with Gasteiger partial charge in [0.2, 0.25) is 10.0 Å². The van der Waals surface area contributed by atoms with Crippen molar-refractivity contribution < 1.29 is 8.42 Å². The van der Waals surface area contributed by atoms with E-state index in [1.165, 1.54) is 0 Å². The van der Waals surface area contributed by atoms with Gasteiger partial charge in [0.05, 0.1) is 4.90 Å². The molecule has 1 fully saturated rings. The SMILES string of the molecule is CCSC1CCC(NS(=O)(=O)c2cc(CN)ccc2Br)C1. The van der Waals surface area contributed by atoms with Gasteiger partial charge in [0, 0.05) is 22.3 Å². The van der Waals surface area contributed by atoms with Crippen LogP contribution in [0.25, 0.3) is 0 Å². The van der Waals surface area contributed by atoms with Gasteiger partial charge in [-0.25, -0.2) is 13.1 Å². The Morgan fingerprint density at radius 3 is 2.86 bits per heavy atom. The first-order valence-corrected chi connectivity index (χ1v) is 10.4. The van der Waals surface area contributed by atoms with Gasteiger partial charge in [0.15, 0.2) is 0 Å². The number of nitrogens with one attached hydrogen (secondary N) is 1. The molecule has 21 heavy (non-hydrogen) atoms. The van der Waals surface area contributed by atoms with Crippen molar-refractivity contribution in [2.75, 3.05) is 5.75 Å². The molecule has 2 atom stereocenters. The van der Waals surface area contributed by atoms with Crippen LogP contribution in [0.4, 0.5) is 0 Å². The molecule has 1 aromatic rings. The Bertz CT molecular complexity index is 593. The predicted molar refractivity (Wildman–Crippen MR) is 91.9 cm³/mol. The summed E-state index contributed by atoms with van der Waals surface area (Å²) < 4.78 is 28.5. The van der Waals surface area contributed by atoms with E-state index in [-0.39, 0.29) is 10.9 Å². The van der Waals surface area contributed by atoms with Crippen molar-refractivity contribution >= 4 is 37.7 Å². The van der Waals surface area contributed by atoms with Crippen molar-refractivity contribution in [3.8, 4) is 0 Å². The van der Waals surface area contributed by atoms with Gasteiger partial charge in [-0.15, -0.1) is 0 Å². The number of nitrogens with two attached hydrogens (primary N) is 1. The van der Waals surface area contributed by atoms with Crippen LogP contribution in [0.5, 0.6) is 0 Å². The molecule has 3 N–H and O–H groups in total. The fourth-order valence-electron chi connectivity index (χ4n) is 2.60. The summed E-state index contributed by atoms with van der Waals surface area (Å²) in [4.78, 5) is 0.275. The van der Waals surface area contributed by atoms with Crippen LogP contribution in [0, 0.1) is 0 Å². The van der Waals surface area contributed by atoms with Gasteiger partial charge in [-0.3, -0.25) is 0 Å². The maximum atomic E-state index is 12.6. The molecule has 0 amide bonds. The molecular formula is C14H21BrN2O2S2. The van der Waals surface area contributed by atoms with E-state index in [9.17, 15) is 8.42 Å². The second-order valence-electron chi connectivity index (χ2n) is 5.18. The summed E-state index contributed by atoms with van der Waals surface area (Å²) in [6, 6.07) is 5.24. The fourth-order valence-corrected chi connectivity index (χ4v) is 6.04. The Kier molecular flexibility index (Phi) is 6.14. The van der Waals surface area contributed by atoms with Gasteiger partial charge in [0.1, 0.15) is 0 Å². The van der Waals surface area contributed by atoms with Crippen LogP contribution in [0.3, 0.4) is 0 Å². The van der Waals surface area contributed by atoms with E-state index in [0.717, 1.165) is 30.6 Å². The van der Waals surface area contributed by atoms with Crippen molar-refractivity contribution in [1.82, 2.24) is 4.72 Å². The lowest BCUT2D eigenvalue weighted by molar-refractivity contribution is 0.552. The molecule has 0 aromatic heterocycles. The minimum atomic E-state index is -3.51. The molecule has 0 saturated heterocycles. The number of thioether (sulfide) groups is 1. The van der Waals surface area contributed by atoms with Crippen LogP contribution in [0.2, 0.25) is 0 Å². The molecular weight excluding hydrogens is 372 g/mol. The number of benzene rings is 1. The third-order valence-electron chi connectivity index (χ3n) is 3.63. The van der Waals surface area contributed by atoms with Crippen LogP contribution < -0.4 is 10.5 Å². The van der Waals surface area contributed by atoms with E-state index >= 15 is 0 Å². The van der Waals surface area contributed by atoms with Crippen molar-refractivity contribution in [3.63, 3.8) is 0 Å². The fraction of sp³-hybridized carbons (Fsp3) is 0.571. The molecule has 0 aliphatic heterocycles. The summed E-state index contributed by atoms with van der Waals surface area (Å²) in [5, 5.41) is 0.571. The van der Waals surface area contributed by atoms with E-state index in [1.807, 2.05) is 17.8 Å². The molecule has 4 nitrogen and oxygen atoms in total. The largest absolute Gasteiger partial charge is 0.326 e.